The highest BCUT2D eigenvalue weighted by molar-refractivity contribution is 5.77. The highest BCUT2D eigenvalue weighted by atomic mass is 19.1. The molecule has 2 heterocycles. The fraction of sp³-hybridized carbons (Fsp3) is 0.333. The van der Waals surface area contributed by atoms with Gasteiger partial charge in [-0.05, 0) is 43.2 Å². The number of hydrogen-bond acceptors (Lipinski definition) is 3. The second-order valence-electron chi connectivity index (χ2n) is 6.29. The van der Waals surface area contributed by atoms with Crippen LogP contribution in [-0.2, 0) is 11.3 Å². The number of hydrogen-bond donors (Lipinski definition) is 1. The Morgan fingerprint density at radius 2 is 2.04 bits per heavy atom. The molecular weight excluding hydrogens is 330 g/mol. The molecule has 1 N–H and O–H groups in total. The topological polar surface area (TPSA) is 62.5 Å². The first-order valence-corrected chi connectivity index (χ1v) is 7.94. The second-order valence-corrected chi connectivity index (χ2v) is 6.29. The lowest BCUT2D eigenvalue weighted by Crippen LogP contribution is -2.37. The van der Waals surface area contributed by atoms with Crippen LogP contribution >= 0.6 is 0 Å². The van der Waals surface area contributed by atoms with E-state index in [4.69, 9.17) is 0 Å². The lowest BCUT2D eigenvalue weighted by Gasteiger charge is -2.25. The van der Waals surface area contributed by atoms with Crippen molar-refractivity contribution in [2.75, 3.05) is 6.54 Å². The van der Waals surface area contributed by atoms with E-state index in [9.17, 15) is 23.5 Å². The van der Waals surface area contributed by atoms with Crippen LogP contribution in [0.15, 0.2) is 41.3 Å². The molecule has 0 bridgehead atoms. The molecule has 3 rings (SSSR count). The number of carbonyl (C=O) groups is 1. The molecule has 1 fully saturated rings. The normalized spacial score (nSPS) is 20.1. The molecule has 0 unspecified atom stereocenters. The van der Waals surface area contributed by atoms with Crippen molar-refractivity contribution < 1.29 is 18.7 Å². The van der Waals surface area contributed by atoms with E-state index < -0.39 is 29.7 Å². The van der Waals surface area contributed by atoms with Gasteiger partial charge in [0.05, 0.1) is 12.1 Å². The number of amides is 1. The Balaban J connectivity index is 1.87. The maximum atomic E-state index is 14.1. The fourth-order valence-corrected chi connectivity index (χ4v) is 3.13. The number of aliphatic hydroxyl groups excluding tert-OH is 1. The summed E-state index contributed by atoms with van der Waals surface area (Å²) in [6.07, 6.45) is 0.806. The lowest BCUT2D eigenvalue weighted by atomic mass is 10.0. The van der Waals surface area contributed by atoms with Gasteiger partial charge in [-0.25, -0.2) is 8.78 Å². The summed E-state index contributed by atoms with van der Waals surface area (Å²) in [5.74, 6) is -1.68. The molecule has 5 nitrogen and oxygen atoms in total. The van der Waals surface area contributed by atoms with Crippen molar-refractivity contribution in [3.63, 3.8) is 0 Å². The molecule has 0 spiro atoms. The SMILES string of the molecule is Cc1ccn(CC(=O)N2C[C@H](O)C[C@@H]2c2cc(F)ccc2F)c(=O)c1. The molecular formula is C18H18F2N2O3. The van der Waals surface area contributed by atoms with Crippen LogP contribution in [0.2, 0.25) is 0 Å². The van der Waals surface area contributed by atoms with Crippen molar-refractivity contribution in [1.29, 1.82) is 0 Å². The summed E-state index contributed by atoms with van der Waals surface area (Å²) in [7, 11) is 0. The van der Waals surface area contributed by atoms with Gasteiger partial charge in [0.25, 0.3) is 5.56 Å². The van der Waals surface area contributed by atoms with Crippen molar-refractivity contribution in [3.05, 3.63) is 69.6 Å². The summed E-state index contributed by atoms with van der Waals surface area (Å²) < 4.78 is 28.8. The summed E-state index contributed by atoms with van der Waals surface area (Å²) in [5.41, 5.74) is 0.493. The zero-order chi connectivity index (χ0) is 18.1. The number of carbonyl (C=O) groups excluding carboxylic acids is 1. The van der Waals surface area contributed by atoms with Gasteiger partial charge in [-0.3, -0.25) is 9.59 Å². The van der Waals surface area contributed by atoms with Crippen molar-refractivity contribution in [3.8, 4) is 0 Å². The molecule has 1 saturated heterocycles. The Kier molecular flexibility index (Phi) is 4.67. The van der Waals surface area contributed by atoms with E-state index in [-0.39, 0.29) is 30.6 Å². The number of β-amino-alcohol motifs (C(OH)–C–C–N with tert-alkyl or cyclic N) is 1. The minimum absolute atomic E-state index is 0.0140. The average Bonchev–Trinajstić information content (AvgIpc) is 2.94. The smallest absolute Gasteiger partial charge is 0.251 e. The first kappa shape index (κ1) is 17.3. The summed E-state index contributed by atoms with van der Waals surface area (Å²) in [5, 5.41) is 9.92. The van der Waals surface area contributed by atoms with Gasteiger partial charge in [0.1, 0.15) is 18.2 Å². The van der Waals surface area contributed by atoms with Crippen molar-refractivity contribution in [1.82, 2.24) is 9.47 Å². The molecule has 1 amide bonds. The van der Waals surface area contributed by atoms with E-state index in [1.54, 1.807) is 13.0 Å². The third-order valence-electron chi connectivity index (χ3n) is 4.37. The van der Waals surface area contributed by atoms with E-state index in [0.29, 0.717) is 0 Å². The van der Waals surface area contributed by atoms with Crippen molar-refractivity contribution in [2.24, 2.45) is 0 Å². The zero-order valence-corrected chi connectivity index (χ0v) is 13.7. The molecule has 1 aromatic carbocycles. The number of rotatable bonds is 3. The van der Waals surface area contributed by atoms with Gasteiger partial charge < -0.3 is 14.6 Å². The highest BCUT2D eigenvalue weighted by Crippen LogP contribution is 2.34. The monoisotopic (exact) mass is 348 g/mol. The van der Waals surface area contributed by atoms with Crippen molar-refractivity contribution in [2.45, 2.75) is 32.0 Å². The minimum Gasteiger partial charge on any atom is -0.391 e. The van der Waals surface area contributed by atoms with Crippen LogP contribution < -0.4 is 5.56 Å². The van der Waals surface area contributed by atoms with Crippen LogP contribution in [-0.4, -0.2) is 33.1 Å². The van der Waals surface area contributed by atoms with Gasteiger partial charge in [0.2, 0.25) is 5.91 Å². The number of likely N-dealkylation sites (tertiary alicyclic amines) is 1. The molecule has 25 heavy (non-hydrogen) atoms. The molecule has 2 aromatic rings. The summed E-state index contributed by atoms with van der Waals surface area (Å²) in [6.45, 7) is 1.56. The van der Waals surface area contributed by atoms with Crippen LogP contribution in [0.4, 0.5) is 8.78 Å². The summed E-state index contributed by atoms with van der Waals surface area (Å²) in [4.78, 5) is 25.9. The predicted octanol–water partition coefficient (Wildman–Crippen LogP) is 1.77. The van der Waals surface area contributed by atoms with Crippen LogP contribution in [0, 0.1) is 18.6 Å². The van der Waals surface area contributed by atoms with E-state index in [1.165, 1.54) is 21.7 Å². The Labute approximate surface area is 143 Å². The lowest BCUT2D eigenvalue weighted by molar-refractivity contribution is -0.133. The Bertz CT molecular complexity index is 866. The van der Waals surface area contributed by atoms with Gasteiger partial charge in [-0.2, -0.15) is 0 Å². The fourth-order valence-electron chi connectivity index (χ4n) is 3.13. The van der Waals surface area contributed by atoms with Crippen LogP contribution in [0.1, 0.15) is 23.6 Å². The third kappa shape index (κ3) is 3.61. The summed E-state index contributed by atoms with van der Waals surface area (Å²) in [6, 6.07) is 5.40. The Morgan fingerprint density at radius 3 is 2.76 bits per heavy atom. The number of aliphatic hydroxyl groups is 1. The molecule has 1 aliphatic heterocycles. The second kappa shape index (κ2) is 6.76. The first-order valence-electron chi connectivity index (χ1n) is 7.94. The maximum absolute atomic E-state index is 14.1. The number of aryl methyl sites for hydroxylation is 1. The summed E-state index contributed by atoms with van der Waals surface area (Å²) >= 11 is 0. The quantitative estimate of drug-likeness (QED) is 0.920. The van der Waals surface area contributed by atoms with Gasteiger partial charge in [-0.15, -0.1) is 0 Å². The average molecular weight is 348 g/mol. The standard InChI is InChI=1S/C18H18F2N2O3/c1-11-4-5-21(17(24)6-11)10-18(25)22-9-13(23)8-16(22)14-7-12(19)2-3-15(14)20/h2-7,13,16,23H,8-10H2,1H3/t13-,16-/m1/s1. The Hall–Kier alpha value is -2.54. The molecule has 0 saturated carbocycles. The van der Waals surface area contributed by atoms with Crippen molar-refractivity contribution >= 4 is 5.91 Å². The first-order chi connectivity index (χ1) is 11.8. The van der Waals surface area contributed by atoms with Crippen LogP contribution in [0.5, 0.6) is 0 Å². The largest absolute Gasteiger partial charge is 0.391 e. The van der Waals surface area contributed by atoms with Crippen LogP contribution in [0.3, 0.4) is 0 Å². The third-order valence-corrected chi connectivity index (χ3v) is 4.37. The zero-order valence-electron chi connectivity index (χ0n) is 13.7. The molecule has 2 atom stereocenters. The molecule has 0 aliphatic carbocycles. The number of halogens is 2. The molecule has 1 aliphatic rings. The van der Waals surface area contributed by atoms with Crippen LogP contribution in [0.25, 0.3) is 0 Å². The van der Waals surface area contributed by atoms with Gasteiger partial charge in [0.15, 0.2) is 0 Å². The van der Waals surface area contributed by atoms with E-state index >= 15 is 0 Å². The number of pyridine rings is 1. The molecule has 132 valence electrons. The predicted molar refractivity (Wildman–Crippen MR) is 86.9 cm³/mol. The highest BCUT2D eigenvalue weighted by Gasteiger charge is 2.36. The van der Waals surface area contributed by atoms with E-state index in [2.05, 4.69) is 0 Å². The minimum atomic E-state index is -0.827. The molecule has 7 heteroatoms. The van der Waals surface area contributed by atoms with Gasteiger partial charge >= 0.3 is 0 Å². The molecule has 0 radical (unpaired) electrons. The maximum Gasteiger partial charge on any atom is 0.251 e. The van der Waals surface area contributed by atoms with Gasteiger partial charge in [-0.1, -0.05) is 0 Å². The van der Waals surface area contributed by atoms with Gasteiger partial charge in [0, 0.05) is 24.4 Å². The van der Waals surface area contributed by atoms with E-state index in [1.807, 2.05) is 0 Å². The number of benzene rings is 1. The number of aromatic nitrogens is 1. The van der Waals surface area contributed by atoms with E-state index in [0.717, 1.165) is 23.8 Å². The molecule has 1 aromatic heterocycles. The Morgan fingerprint density at radius 1 is 1.28 bits per heavy atom. The number of nitrogens with zero attached hydrogens (tertiary/aromatic N) is 2.